The van der Waals surface area contributed by atoms with Crippen molar-refractivity contribution in [2.75, 3.05) is 38.1 Å². The van der Waals surface area contributed by atoms with Crippen molar-refractivity contribution in [2.45, 2.75) is 0 Å². The predicted octanol–water partition coefficient (Wildman–Crippen LogP) is 4.33. The number of rotatable bonds is 4. The largest absolute Gasteiger partial charge is 0.354 e. The van der Waals surface area contributed by atoms with E-state index in [0.29, 0.717) is 0 Å². The Labute approximate surface area is 192 Å². The van der Waals surface area contributed by atoms with Crippen LogP contribution < -0.4 is 4.90 Å². The predicted molar refractivity (Wildman–Crippen MR) is 133 cm³/mol. The molecular weight excluding hydrogens is 410 g/mol. The van der Waals surface area contributed by atoms with E-state index in [9.17, 15) is 0 Å². The topological polar surface area (TPSA) is 65.4 Å². The van der Waals surface area contributed by atoms with Gasteiger partial charge in [0.1, 0.15) is 11.5 Å². The number of nitrogens with one attached hydrogen (secondary N) is 1. The number of aromatic amines is 1. The van der Waals surface area contributed by atoms with E-state index in [1.165, 1.54) is 0 Å². The monoisotopic (exact) mass is 435 g/mol. The van der Waals surface area contributed by atoms with E-state index >= 15 is 0 Å². The highest BCUT2D eigenvalue weighted by molar-refractivity contribution is 5.96. The molecule has 0 aromatic carbocycles. The van der Waals surface area contributed by atoms with E-state index in [1.54, 1.807) is 0 Å². The third-order valence-corrected chi connectivity index (χ3v) is 6.52. The molecule has 1 aliphatic rings. The van der Waals surface area contributed by atoms with E-state index < -0.39 is 0 Å². The summed E-state index contributed by atoms with van der Waals surface area (Å²) in [5.41, 5.74) is 7.37. The molecule has 1 aliphatic heterocycles. The second-order valence-electron chi connectivity index (χ2n) is 8.56. The summed E-state index contributed by atoms with van der Waals surface area (Å²) in [5.74, 6) is 1.03. The summed E-state index contributed by atoms with van der Waals surface area (Å²) in [6, 6.07) is 10.7. The summed E-state index contributed by atoms with van der Waals surface area (Å²) in [4.78, 5) is 17.4. The van der Waals surface area contributed by atoms with Gasteiger partial charge in [-0.15, -0.1) is 0 Å². The van der Waals surface area contributed by atoms with Crippen molar-refractivity contribution >= 4 is 28.4 Å². The molecule has 0 aliphatic carbocycles. The molecule has 0 atom stereocenters. The van der Waals surface area contributed by atoms with Gasteiger partial charge < -0.3 is 14.8 Å². The Balaban J connectivity index is 1.40. The maximum Gasteiger partial charge on any atom is 0.137 e. The fourth-order valence-corrected chi connectivity index (χ4v) is 4.53. The summed E-state index contributed by atoms with van der Waals surface area (Å²) in [6.07, 6.45) is 11.5. The van der Waals surface area contributed by atoms with Gasteiger partial charge >= 0.3 is 0 Å². The highest BCUT2D eigenvalue weighted by atomic mass is 15.3. The molecule has 33 heavy (non-hydrogen) atoms. The maximum absolute atomic E-state index is 4.71. The number of hydrogen-bond donors (Lipinski definition) is 1. The molecule has 1 N–H and O–H groups in total. The molecule has 0 amide bonds. The zero-order valence-electron chi connectivity index (χ0n) is 18.6. The molecule has 7 nitrogen and oxygen atoms in total. The molecule has 0 spiro atoms. The van der Waals surface area contributed by atoms with Crippen LogP contribution in [0.4, 0.5) is 5.82 Å². The molecule has 1 fully saturated rings. The van der Waals surface area contributed by atoms with Crippen molar-refractivity contribution in [1.29, 1.82) is 0 Å². The van der Waals surface area contributed by atoms with Gasteiger partial charge in [-0.3, -0.25) is 0 Å². The first-order valence-electron chi connectivity index (χ1n) is 11.2. The van der Waals surface area contributed by atoms with E-state index in [2.05, 4.69) is 68.8 Å². The molecule has 0 radical (unpaired) electrons. The Morgan fingerprint density at radius 2 is 1.85 bits per heavy atom. The van der Waals surface area contributed by atoms with Crippen molar-refractivity contribution in [1.82, 2.24) is 29.5 Å². The van der Waals surface area contributed by atoms with Gasteiger partial charge in [0.2, 0.25) is 0 Å². The molecule has 0 unspecified atom stereocenters. The minimum atomic E-state index is 0.874. The number of H-pyrrole nitrogens is 1. The second kappa shape index (κ2) is 7.86. The third kappa shape index (κ3) is 3.47. The standard InChI is InChI=1S/C26H25N7/c1-3-18-16-30-33-7-5-20(13-24(18)33)23-17-29-26-22(23)12-21(15-28-26)19-4-6-27-25(14-19)32-10-8-31(2)9-11-32/h3-7,12-17H,1,8-11H2,2H3,(H,28,29). The molecule has 0 saturated carbocycles. The number of aromatic nitrogens is 5. The van der Waals surface area contributed by atoms with Crippen LogP contribution in [0.5, 0.6) is 0 Å². The Morgan fingerprint density at radius 1 is 0.970 bits per heavy atom. The summed E-state index contributed by atoms with van der Waals surface area (Å²) in [6.45, 7) is 8.01. The number of fused-ring (bicyclic) bond motifs is 2. The lowest BCUT2D eigenvalue weighted by Crippen LogP contribution is -2.44. The zero-order valence-corrected chi connectivity index (χ0v) is 18.6. The van der Waals surface area contributed by atoms with Crippen molar-refractivity contribution in [2.24, 2.45) is 0 Å². The molecular formula is C26H25N7. The Morgan fingerprint density at radius 3 is 2.70 bits per heavy atom. The van der Waals surface area contributed by atoms with Gasteiger partial charge in [0.15, 0.2) is 0 Å². The van der Waals surface area contributed by atoms with Crippen molar-refractivity contribution in [3.63, 3.8) is 0 Å². The third-order valence-electron chi connectivity index (χ3n) is 6.52. The SMILES string of the molecule is C=Cc1cnn2ccc(-c3c[nH]c4ncc(-c5ccnc(N6CCN(C)CC6)c5)cc34)cc12. The molecule has 1 saturated heterocycles. The summed E-state index contributed by atoms with van der Waals surface area (Å²) in [5, 5.41) is 5.48. The Bertz CT molecular complexity index is 1470. The van der Waals surface area contributed by atoms with Gasteiger partial charge in [-0.05, 0) is 48.5 Å². The average Bonchev–Trinajstić information content (AvgIpc) is 3.47. The van der Waals surface area contributed by atoms with Crippen LogP contribution in [0.25, 0.3) is 44.9 Å². The lowest BCUT2D eigenvalue weighted by Gasteiger charge is -2.33. The quantitative estimate of drug-likeness (QED) is 0.455. The van der Waals surface area contributed by atoms with Gasteiger partial charge in [0, 0.05) is 73.0 Å². The highest BCUT2D eigenvalue weighted by Gasteiger charge is 2.16. The van der Waals surface area contributed by atoms with Gasteiger partial charge in [-0.25, -0.2) is 14.5 Å². The lowest BCUT2D eigenvalue weighted by molar-refractivity contribution is 0.312. The molecule has 164 valence electrons. The number of anilines is 1. The van der Waals surface area contributed by atoms with Gasteiger partial charge in [-0.2, -0.15) is 5.10 Å². The van der Waals surface area contributed by atoms with Crippen LogP contribution in [0.2, 0.25) is 0 Å². The first-order chi connectivity index (χ1) is 16.2. The summed E-state index contributed by atoms with van der Waals surface area (Å²) in [7, 11) is 2.17. The van der Waals surface area contributed by atoms with Crippen LogP contribution in [0.15, 0.2) is 67.9 Å². The summed E-state index contributed by atoms with van der Waals surface area (Å²) >= 11 is 0. The first-order valence-corrected chi connectivity index (χ1v) is 11.2. The normalized spacial score (nSPS) is 14.9. The van der Waals surface area contributed by atoms with E-state index in [0.717, 1.165) is 76.4 Å². The maximum atomic E-state index is 4.71. The first kappa shape index (κ1) is 19.7. The zero-order chi connectivity index (χ0) is 22.4. The van der Waals surface area contributed by atoms with Crippen molar-refractivity contribution < 1.29 is 0 Å². The average molecular weight is 436 g/mol. The molecule has 7 heteroatoms. The number of nitrogens with zero attached hydrogens (tertiary/aromatic N) is 6. The van der Waals surface area contributed by atoms with Crippen molar-refractivity contribution in [3.05, 3.63) is 73.5 Å². The smallest absolute Gasteiger partial charge is 0.137 e. The van der Waals surface area contributed by atoms with Crippen LogP contribution in [0.3, 0.4) is 0 Å². The fraction of sp³-hybridized carbons (Fsp3) is 0.192. The highest BCUT2D eigenvalue weighted by Crippen LogP contribution is 2.32. The van der Waals surface area contributed by atoms with Crippen LogP contribution in [0.1, 0.15) is 5.56 Å². The van der Waals surface area contributed by atoms with Crippen LogP contribution in [-0.2, 0) is 0 Å². The number of hydrogen-bond acceptors (Lipinski definition) is 5. The molecule has 0 bridgehead atoms. The summed E-state index contributed by atoms with van der Waals surface area (Å²) < 4.78 is 1.87. The second-order valence-corrected chi connectivity index (χ2v) is 8.56. The van der Waals surface area contributed by atoms with Gasteiger partial charge in [0.25, 0.3) is 0 Å². The van der Waals surface area contributed by atoms with Crippen LogP contribution in [0, 0.1) is 0 Å². The molecule has 5 aromatic rings. The van der Waals surface area contributed by atoms with E-state index in [1.807, 2.05) is 41.6 Å². The number of piperazine rings is 1. The van der Waals surface area contributed by atoms with Crippen molar-refractivity contribution in [3.8, 4) is 22.3 Å². The van der Waals surface area contributed by atoms with Crippen LogP contribution >= 0.6 is 0 Å². The van der Waals surface area contributed by atoms with Gasteiger partial charge in [0.05, 0.1) is 11.7 Å². The van der Waals surface area contributed by atoms with Crippen LogP contribution in [-0.4, -0.2) is 62.7 Å². The van der Waals surface area contributed by atoms with Gasteiger partial charge in [-0.1, -0.05) is 12.7 Å². The molecule has 6 rings (SSSR count). The minimum Gasteiger partial charge on any atom is -0.354 e. The Hall–Kier alpha value is -3.97. The van der Waals surface area contributed by atoms with E-state index in [-0.39, 0.29) is 0 Å². The molecule has 5 aromatic heterocycles. The minimum absolute atomic E-state index is 0.874. The number of likely N-dealkylation sites (N-methyl/N-ethyl adjacent to an activating group) is 1. The lowest BCUT2D eigenvalue weighted by atomic mass is 10.0. The molecule has 6 heterocycles. The number of pyridine rings is 3. The van der Waals surface area contributed by atoms with E-state index in [4.69, 9.17) is 4.98 Å². The Kier molecular flexibility index (Phi) is 4.69. The fourth-order valence-electron chi connectivity index (χ4n) is 4.53.